The maximum Gasteiger partial charge on any atom is 0.0607 e. The molecule has 2 heterocycles. The van der Waals surface area contributed by atoms with Gasteiger partial charge in [0.2, 0.25) is 0 Å². The van der Waals surface area contributed by atoms with Gasteiger partial charge in [-0.25, -0.2) is 0 Å². The SMILES string of the molecule is NC[C@H]1C[C@H]1CN(C[C@H]1Cc2ccccc2CN1)[C@H]1CCCc2cccnc21. The van der Waals surface area contributed by atoms with Crippen LogP contribution in [0.5, 0.6) is 0 Å². The first-order chi connectivity index (χ1) is 13.8. The number of aryl methyl sites for hydroxylation is 1. The van der Waals surface area contributed by atoms with Gasteiger partial charge in [-0.15, -0.1) is 0 Å². The van der Waals surface area contributed by atoms with Crippen molar-refractivity contribution in [1.82, 2.24) is 15.2 Å². The summed E-state index contributed by atoms with van der Waals surface area (Å²) in [5.41, 5.74) is 11.7. The predicted octanol–water partition coefficient (Wildman–Crippen LogP) is 3.07. The number of benzene rings is 1. The first kappa shape index (κ1) is 18.3. The molecule has 5 rings (SSSR count). The van der Waals surface area contributed by atoms with Crippen LogP contribution < -0.4 is 11.1 Å². The van der Waals surface area contributed by atoms with Gasteiger partial charge in [-0.1, -0.05) is 30.3 Å². The second kappa shape index (κ2) is 7.94. The van der Waals surface area contributed by atoms with Crippen molar-refractivity contribution in [2.75, 3.05) is 19.6 Å². The van der Waals surface area contributed by atoms with Gasteiger partial charge in [-0.2, -0.15) is 0 Å². The number of fused-ring (bicyclic) bond motifs is 2. The predicted molar refractivity (Wildman–Crippen MR) is 113 cm³/mol. The fraction of sp³-hybridized carbons (Fsp3) is 0.542. The van der Waals surface area contributed by atoms with E-state index >= 15 is 0 Å². The van der Waals surface area contributed by atoms with Crippen LogP contribution in [0.3, 0.4) is 0 Å². The van der Waals surface area contributed by atoms with Crippen LogP contribution in [-0.2, 0) is 19.4 Å². The monoisotopic (exact) mass is 376 g/mol. The molecule has 1 saturated carbocycles. The molecule has 0 radical (unpaired) electrons. The first-order valence-electron chi connectivity index (χ1n) is 11.0. The molecule has 2 aromatic rings. The van der Waals surface area contributed by atoms with Crippen molar-refractivity contribution in [2.45, 2.75) is 50.7 Å². The highest BCUT2D eigenvalue weighted by Crippen LogP contribution is 2.41. The van der Waals surface area contributed by atoms with Gasteiger partial charge >= 0.3 is 0 Å². The van der Waals surface area contributed by atoms with E-state index in [2.05, 4.69) is 46.6 Å². The smallest absolute Gasteiger partial charge is 0.0607 e. The Hall–Kier alpha value is -1.75. The highest BCUT2D eigenvalue weighted by Gasteiger charge is 2.39. The normalized spacial score (nSPS) is 28.6. The van der Waals surface area contributed by atoms with Crippen molar-refractivity contribution < 1.29 is 0 Å². The zero-order chi connectivity index (χ0) is 18.9. The Balaban J connectivity index is 1.36. The molecule has 1 aliphatic heterocycles. The summed E-state index contributed by atoms with van der Waals surface area (Å²) in [5.74, 6) is 1.50. The average Bonchev–Trinajstić information content (AvgIpc) is 3.51. The summed E-state index contributed by atoms with van der Waals surface area (Å²) in [6.45, 7) is 4.10. The molecule has 4 heteroatoms. The summed E-state index contributed by atoms with van der Waals surface area (Å²) in [6.07, 6.45) is 8.08. The lowest BCUT2D eigenvalue weighted by molar-refractivity contribution is 0.144. The topological polar surface area (TPSA) is 54.2 Å². The van der Waals surface area contributed by atoms with Crippen LogP contribution in [0.2, 0.25) is 0 Å². The van der Waals surface area contributed by atoms with E-state index in [9.17, 15) is 0 Å². The molecule has 0 saturated heterocycles. The van der Waals surface area contributed by atoms with E-state index in [-0.39, 0.29) is 0 Å². The lowest BCUT2D eigenvalue weighted by atomic mass is 9.89. The van der Waals surface area contributed by atoms with Crippen LogP contribution >= 0.6 is 0 Å². The number of nitrogens with one attached hydrogen (secondary N) is 1. The van der Waals surface area contributed by atoms with Crippen LogP contribution in [0, 0.1) is 11.8 Å². The lowest BCUT2D eigenvalue weighted by Crippen LogP contribution is -2.47. The van der Waals surface area contributed by atoms with Crippen molar-refractivity contribution in [3.63, 3.8) is 0 Å². The highest BCUT2D eigenvalue weighted by molar-refractivity contribution is 5.30. The molecule has 28 heavy (non-hydrogen) atoms. The molecule has 0 bridgehead atoms. The average molecular weight is 377 g/mol. The molecule has 2 aliphatic carbocycles. The van der Waals surface area contributed by atoms with Gasteiger partial charge in [0, 0.05) is 31.9 Å². The van der Waals surface area contributed by atoms with Crippen LogP contribution in [-0.4, -0.2) is 35.6 Å². The van der Waals surface area contributed by atoms with Crippen LogP contribution in [0.4, 0.5) is 0 Å². The van der Waals surface area contributed by atoms with Crippen molar-refractivity contribution in [3.8, 4) is 0 Å². The van der Waals surface area contributed by atoms with Gasteiger partial charge in [0.05, 0.1) is 11.7 Å². The third-order valence-corrected chi connectivity index (χ3v) is 7.07. The molecule has 1 aromatic carbocycles. The minimum atomic E-state index is 0.461. The molecule has 0 unspecified atom stereocenters. The minimum Gasteiger partial charge on any atom is -0.330 e. The maximum absolute atomic E-state index is 5.95. The summed E-state index contributed by atoms with van der Waals surface area (Å²) >= 11 is 0. The molecule has 4 atom stereocenters. The molecule has 0 spiro atoms. The van der Waals surface area contributed by atoms with Gasteiger partial charge in [-0.3, -0.25) is 9.88 Å². The van der Waals surface area contributed by atoms with Crippen molar-refractivity contribution in [1.29, 1.82) is 0 Å². The van der Waals surface area contributed by atoms with E-state index in [0.29, 0.717) is 12.1 Å². The number of nitrogens with two attached hydrogens (primary N) is 1. The Morgan fingerprint density at radius 3 is 2.75 bits per heavy atom. The van der Waals surface area contributed by atoms with Gasteiger partial charge in [-0.05, 0) is 73.2 Å². The molecule has 4 nitrogen and oxygen atoms in total. The standard InChI is InChI=1S/C24H32N4/c25-13-20-11-21(20)15-28(23-9-3-7-17-8-4-10-26-24(17)23)16-22-12-18-5-1-2-6-19(18)14-27-22/h1-2,4-6,8,10,20-23,27H,3,7,9,11-16,25H2/t20-,21+,22-,23+/m1/s1. The second-order valence-corrected chi connectivity index (χ2v) is 8.95. The zero-order valence-electron chi connectivity index (χ0n) is 16.7. The molecule has 1 fully saturated rings. The third-order valence-electron chi connectivity index (χ3n) is 7.07. The Morgan fingerprint density at radius 1 is 1.04 bits per heavy atom. The van der Waals surface area contributed by atoms with Crippen molar-refractivity contribution in [2.24, 2.45) is 17.6 Å². The molecular formula is C24H32N4. The van der Waals surface area contributed by atoms with Crippen LogP contribution in [0.15, 0.2) is 42.6 Å². The van der Waals surface area contributed by atoms with Crippen LogP contribution in [0.1, 0.15) is 47.7 Å². The summed E-state index contributed by atoms with van der Waals surface area (Å²) < 4.78 is 0. The summed E-state index contributed by atoms with van der Waals surface area (Å²) in [5, 5.41) is 3.80. The van der Waals surface area contributed by atoms with E-state index < -0.39 is 0 Å². The zero-order valence-corrected chi connectivity index (χ0v) is 16.7. The second-order valence-electron chi connectivity index (χ2n) is 8.95. The molecule has 3 aliphatic rings. The number of aromatic nitrogens is 1. The Bertz CT molecular complexity index is 820. The fourth-order valence-electron chi connectivity index (χ4n) is 5.33. The molecule has 0 amide bonds. The minimum absolute atomic E-state index is 0.461. The Morgan fingerprint density at radius 2 is 1.89 bits per heavy atom. The highest BCUT2D eigenvalue weighted by atomic mass is 15.2. The molecule has 1 aromatic heterocycles. The van der Waals surface area contributed by atoms with E-state index in [1.165, 1.54) is 54.6 Å². The van der Waals surface area contributed by atoms with E-state index in [1.807, 2.05) is 6.20 Å². The maximum atomic E-state index is 5.95. The number of rotatable bonds is 6. The number of hydrogen-bond donors (Lipinski definition) is 2. The summed E-state index contributed by atoms with van der Waals surface area (Å²) in [4.78, 5) is 7.58. The molecular weight excluding hydrogens is 344 g/mol. The molecule has 3 N–H and O–H groups in total. The Kier molecular flexibility index (Phi) is 5.19. The molecule has 148 valence electrons. The largest absolute Gasteiger partial charge is 0.330 e. The van der Waals surface area contributed by atoms with Gasteiger partial charge in [0.25, 0.3) is 0 Å². The number of pyridine rings is 1. The summed E-state index contributed by atoms with van der Waals surface area (Å²) in [7, 11) is 0. The van der Waals surface area contributed by atoms with Crippen molar-refractivity contribution in [3.05, 3.63) is 65.0 Å². The summed E-state index contributed by atoms with van der Waals surface area (Å²) in [6, 6.07) is 14.2. The fourth-order valence-corrected chi connectivity index (χ4v) is 5.33. The van der Waals surface area contributed by atoms with Gasteiger partial charge in [0.15, 0.2) is 0 Å². The van der Waals surface area contributed by atoms with Gasteiger partial charge in [0.1, 0.15) is 0 Å². The lowest BCUT2D eigenvalue weighted by Gasteiger charge is -2.38. The van der Waals surface area contributed by atoms with E-state index in [1.54, 1.807) is 0 Å². The Labute approximate surface area is 168 Å². The van der Waals surface area contributed by atoms with Crippen molar-refractivity contribution >= 4 is 0 Å². The number of nitrogens with zero attached hydrogens (tertiary/aromatic N) is 2. The van der Waals surface area contributed by atoms with Crippen LogP contribution in [0.25, 0.3) is 0 Å². The quantitative estimate of drug-likeness (QED) is 0.814. The van der Waals surface area contributed by atoms with E-state index in [4.69, 9.17) is 10.7 Å². The first-order valence-corrected chi connectivity index (χ1v) is 11.0. The number of hydrogen-bond acceptors (Lipinski definition) is 4. The van der Waals surface area contributed by atoms with Gasteiger partial charge < -0.3 is 11.1 Å². The third kappa shape index (κ3) is 3.73. The van der Waals surface area contributed by atoms with E-state index in [0.717, 1.165) is 37.9 Å².